The molecule has 0 unspecified atom stereocenters. The molecule has 0 amide bonds. The number of benzene rings is 1. The molecule has 1 aromatic heterocycles. The summed E-state index contributed by atoms with van der Waals surface area (Å²) in [5.41, 5.74) is 5.56. The summed E-state index contributed by atoms with van der Waals surface area (Å²) in [6, 6.07) is 12.7. The topological polar surface area (TPSA) is 24.3 Å². The number of aryl methyl sites for hydroxylation is 2. The summed E-state index contributed by atoms with van der Waals surface area (Å²) in [6.45, 7) is 12.4. The molecule has 0 radical (unpaired) electrons. The first-order valence-corrected chi connectivity index (χ1v) is 10.7. The normalized spacial score (nSPS) is 32.8. The minimum absolute atomic E-state index is 0.640. The lowest BCUT2D eigenvalue weighted by molar-refractivity contribution is -0.00878. The zero-order valence-electron chi connectivity index (χ0n) is 16.9. The van der Waals surface area contributed by atoms with Gasteiger partial charge in [-0.3, -0.25) is 14.5 Å². The summed E-state index contributed by atoms with van der Waals surface area (Å²) in [6.07, 6.45) is 2.76. The van der Waals surface area contributed by atoms with Crippen LogP contribution >= 0.6 is 0 Å². The minimum Gasteiger partial charge on any atom is -0.298 e. The first-order valence-electron chi connectivity index (χ1n) is 10.7. The van der Waals surface area contributed by atoms with E-state index in [-0.39, 0.29) is 0 Å². The molecule has 4 fully saturated rings. The summed E-state index contributed by atoms with van der Waals surface area (Å²) in [4.78, 5) is 5.62. The number of hydrogen-bond donors (Lipinski definition) is 0. The molecular weight excluding hydrogens is 332 g/mol. The number of hydrogen-bond acceptors (Lipinski definition) is 3. The van der Waals surface area contributed by atoms with Gasteiger partial charge in [0.1, 0.15) is 0 Å². The first-order chi connectivity index (χ1) is 13.2. The highest BCUT2D eigenvalue weighted by Gasteiger charge is 2.53. The lowest BCUT2D eigenvalue weighted by Gasteiger charge is -2.51. The molecule has 2 aromatic rings. The van der Waals surface area contributed by atoms with Crippen molar-refractivity contribution in [2.45, 2.75) is 64.7 Å². The fourth-order valence-electron chi connectivity index (χ4n) is 6.19. The number of piperidine rings is 3. The van der Waals surface area contributed by atoms with E-state index < -0.39 is 0 Å². The van der Waals surface area contributed by atoms with Gasteiger partial charge in [-0.1, -0.05) is 30.3 Å². The predicted molar refractivity (Wildman–Crippen MR) is 109 cm³/mol. The SMILES string of the molecule is CCn1nc(C)c(CN2C[C@H](c3ccccc3)[C@H]3[C@@H]2C2CCN3CC2)c1C. The van der Waals surface area contributed by atoms with Crippen molar-refractivity contribution in [2.75, 3.05) is 19.6 Å². The lowest BCUT2D eigenvalue weighted by atomic mass is 9.75. The average molecular weight is 365 g/mol. The van der Waals surface area contributed by atoms with Crippen molar-refractivity contribution in [3.63, 3.8) is 0 Å². The fraction of sp³-hybridized carbons (Fsp3) is 0.609. The third-order valence-electron chi connectivity index (χ3n) is 7.51. The average Bonchev–Trinajstić information content (AvgIpc) is 3.24. The van der Waals surface area contributed by atoms with Gasteiger partial charge in [0.2, 0.25) is 0 Å². The summed E-state index contributed by atoms with van der Waals surface area (Å²) in [5, 5.41) is 4.78. The largest absolute Gasteiger partial charge is 0.298 e. The van der Waals surface area contributed by atoms with E-state index in [0.29, 0.717) is 18.0 Å². The molecule has 4 saturated heterocycles. The molecule has 4 aliphatic rings. The summed E-state index contributed by atoms with van der Waals surface area (Å²) in [5.74, 6) is 1.51. The molecule has 4 nitrogen and oxygen atoms in total. The Morgan fingerprint density at radius 1 is 1.04 bits per heavy atom. The van der Waals surface area contributed by atoms with E-state index in [2.05, 4.69) is 65.6 Å². The second-order valence-electron chi connectivity index (χ2n) is 8.77. The van der Waals surface area contributed by atoms with Gasteiger partial charge in [-0.15, -0.1) is 0 Å². The van der Waals surface area contributed by atoms with E-state index in [1.54, 1.807) is 0 Å². The smallest absolute Gasteiger partial charge is 0.0641 e. The fourth-order valence-corrected chi connectivity index (χ4v) is 6.19. The summed E-state index contributed by atoms with van der Waals surface area (Å²) in [7, 11) is 0. The van der Waals surface area contributed by atoms with Crippen LogP contribution in [0, 0.1) is 19.8 Å². The highest BCUT2D eigenvalue weighted by atomic mass is 15.3. The maximum Gasteiger partial charge on any atom is 0.0641 e. The Balaban J connectivity index is 1.49. The van der Waals surface area contributed by atoms with Crippen LogP contribution in [0.25, 0.3) is 0 Å². The Bertz CT molecular complexity index is 803. The van der Waals surface area contributed by atoms with E-state index in [1.165, 1.54) is 55.0 Å². The Hall–Kier alpha value is -1.65. The molecule has 144 valence electrons. The third kappa shape index (κ3) is 2.76. The van der Waals surface area contributed by atoms with Gasteiger partial charge in [0, 0.05) is 48.9 Å². The van der Waals surface area contributed by atoms with Crippen molar-refractivity contribution in [3.05, 3.63) is 52.8 Å². The molecule has 0 saturated carbocycles. The van der Waals surface area contributed by atoms with Crippen LogP contribution in [0.1, 0.15) is 48.2 Å². The standard InChI is InChI=1S/C23H32N4/c1-4-27-17(3)20(16(2)24-27)14-26-15-21(18-8-6-5-7-9-18)23-22(26)19-10-12-25(23)13-11-19/h5-9,19,21-23H,4,10-15H2,1-3H3/t21-,22+,23+/m1/s1. The molecule has 5 heterocycles. The van der Waals surface area contributed by atoms with Crippen LogP contribution in [0.2, 0.25) is 0 Å². The van der Waals surface area contributed by atoms with E-state index in [1.807, 2.05) is 0 Å². The van der Waals surface area contributed by atoms with Gasteiger partial charge in [0.15, 0.2) is 0 Å². The number of aromatic nitrogens is 2. The van der Waals surface area contributed by atoms with Crippen LogP contribution in [0.4, 0.5) is 0 Å². The summed E-state index contributed by atoms with van der Waals surface area (Å²) < 4.78 is 2.17. The number of fused-ring (bicyclic) bond motifs is 2. The van der Waals surface area contributed by atoms with Crippen molar-refractivity contribution >= 4 is 0 Å². The minimum atomic E-state index is 0.640. The zero-order valence-corrected chi connectivity index (χ0v) is 16.9. The second kappa shape index (κ2) is 6.75. The maximum absolute atomic E-state index is 4.78. The molecule has 0 spiro atoms. The second-order valence-corrected chi connectivity index (χ2v) is 8.77. The van der Waals surface area contributed by atoms with Gasteiger partial charge in [-0.2, -0.15) is 5.10 Å². The van der Waals surface area contributed by atoms with Crippen molar-refractivity contribution < 1.29 is 0 Å². The van der Waals surface area contributed by atoms with Crippen LogP contribution in [0.3, 0.4) is 0 Å². The molecule has 0 N–H and O–H groups in total. The Labute approximate surface area is 163 Å². The Morgan fingerprint density at radius 2 is 1.78 bits per heavy atom. The van der Waals surface area contributed by atoms with Gasteiger partial charge in [-0.05, 0) is 58.2 Å². The first kappa shape index (κ1) is 17.4. The molecule has 1 aromatic carbocycles. The molecule has 27 heavy (non-hydrogen) atoms. The maximum atomic E-state index is 4.78. The van der Waals surface area contributed by atoms with Crippen molar-refractivity contribution in [3.8, 4) is 0 Å². The van der Waals surface area contributed by atoms with Crippen molar-refractivity contribution in [2.24, 2.45) is 5.92 Å². The third-order valence-corrected chi connectivity index (χ3v) is 7.51. The molecule has 0 aliphatic carbocycles. The van der Waals surface area contributed by atoms with E-state index in [0.717, 1.165) is 19.0 Å². The van der Waals surface area contributed by atoms with Crippen LogP contribution < -0.4 is 0 Å². The molecule has 4 heteroatoms. The highest BCUT2D eigenvalue weighted by molar-refractivity contribution is 5.29. The van der Waals surface area contributed by atoms with Gasteiger partial charge in [0.05, 0.1) is 5.69 Å². The number of likely N-dealkylation sites (tertiary alicyclic amines) is 1. The zero-order chi connectivity index (χ0) is 18.5. The number of rotatable bonds is 4. The molecular formula is C23H32N4. The molecule has 4 aliphatic heterocycles. The van der Waals surface area contributed by atoms with Crippen molar-refractivity contribution in [1.29, 1.82) is 0 Å². The lowest BCUT2D eigenvalue weighted by Crippen LogP contribution is -2.60. The monoisotopic (exact) mass is 364 g/mol. The van der Waals surface area contributed by atoms with Crippen LogP contribution in [-0.4, -0.2) is 51.3 Å². The van der Waals surface area contributed by atoms with Crippen LogP contribution in [0.15, 0.2) is 30.3 Å². The van der Waals surface area contributed by atoms with Crippen molar-refractivity contribution in [1.82, 2.24) is 19.6 Å². The molecule has 2 bridgehead atoms. The number of nitrogens with zero attached hydrogens (tertiary/aromatic N) is 4. The van der Waals surface area contributed by atoms with Gasteiger partial charge in [-0.25, -0.2) is 0 Å². The van der Waals surface area contributed by atoms with Crippen LogP contribution in [0.5, 0.6) is 0 Å². The Morgan fingerprint density at radius 3 is 2.44 bits per heavy atom. The predicted octanol–water partition coefficient (Wildman–Crippen LogP) is 3.58. The molecule has 3 atom stereocenters. The van der Waals surface area contributed by atoms with Gasteiger partial charge >= 0.3 is 0 Å². The van der Waals surface area contributed by atoms with Crippen LogP contribution in [-0.2, 0) is 13.1 Å². The van der Waals surface area contributed by atoms with E-state index in [9.17, 15) is 0 Å². The van der Waals surface area contributed by atoms with E-state index in [4.69, 9.17) is 5.10 Å². The molecule has 6 rings (SSSR count). The van der Waals surface area contributed by atoms with E-state index >= 15 is 0 Å². The van der Waals surface area contributed by atoms with Gasteiger partial charge < -0.3 is 0 Å². The Kier molecular flexibility index (Phi) is 4.36. The highest BCUT2D eigenvalue weighted by Crippen LogP contribution is 2.47. The quantitative estimate of drug-likeness (QED) is 0.829. The van der Waals surface area contributed by atoms with Gasteiger partial charge in [0.25, 0.3) is 0 Å². The summed E-state index contributed by atoms with van der Waals surface area (Å²) >= 11 is 0.